The van der Waals surface area contributed by atoms with E-state index in [1.54, 1.807) is 0 Å². The average Bonchev–Trinajstić information content (AvgIpc) is 2.76. The van der Waals surface area contributed by atoms with Gasteiger partial charge < -0.3 is 9.73 Å². The second kappa shape index (κ2) is 4.66. The van der Waals surface area contributed by atoms with Gasteiger partial charge in [0, 0.05) is 10.9 Å². The molecule has 0 spiro atoms. The van der Waals surface area contributed by atoms with Gasteiger partial charge in [-0.15, -0.1) is 0 Å². The Morgan fingerprint density at radius 2 is 1.95 bits per heavy atom. The Hall–Kier alpha value is -1.32. The van der Waals surface area contributed by atoms with E-state index in [2.05, 4.69) is 59.4 Å². The molecule has 0 aliphatic carbocycles. The summed E-state index contributed by atoms with van der Waals surface area (Å²) < 4.78 is 7.12. The molecule has 3 aromatic rings. The standard InChI is InChI=1S/C16H16BrNO/c1-9-13-8-11-6-4-5-7-12(11)14(17)16(13)19-15(9)10(2)18-3/h4-8,10,18H,1-3H3. The maximum absolute atomic E-state index is 6.08. The van der Waals surface area contributed by atoms with Gasteiger partial charge in [0.25, 0.3) is 0 Å². The summed E-state index contributed by atoms with van der Waals surface area (Å²) in [6.45, 7) is 4.23. The minimum atomic E-state index is 0.211. The van der Waals surface area contributed by atoms with E-state index < -0.39 is 0 Å². The fraction of sp³-hybridized carbons (Fsp3) is 0.250. The molecule has 1 aromatic heterocycles. The van der Waals surface area contributed by atoms with Crippen LogP contribution in [0.5, 0.6) is 0 Å². The van der Waals surface area contributed by atoms with Crippen LogP contribution >= 0.6 is 15.9 Å². The number of halogens is 1. The molecule has 98 valence electrons. The van der Waals surface area contributed by atoms with E-state index in [0.29, 0.717) is 0 Å². The molecule has 3 rings (SSSR count). The Balaban J connectivity index is 2.40. The lowest BCUT2D eigenvalue weighted by atomic mass is 10.0. The van der Waals surface area contributed by atoms with Gasteiger partial charge in [0.15, 0.2) is 0 Å². The van der Waals surface area contributed by atoms with Crippen molar-refractivity contribution in [2.45, 2.75) is 19.9 Å². The molecule has 0 saturated heterocycles. The van der Waals surface area contributed by atoms with E-state index in [4.69, 9.17) is 4.42 Å². The van der Waals surface area contributed by atoms with E-state index in [9.17, 15) is 0 Å². The molecule has 0 radical (unpaired) electrons. The van der Waals surface area contributed by atoms with Crippen molar-refractivity contribution in [3.63, 3.8) is 0 Å². The smallest absolute Gasteiger partial charge is 0.149 e. The first-order valence-electron chi connectivity index (χ1n) is 6.41. The van der Waals surface area contributed by atoms with Crippen LogP contribution in [0.15, 0.2) is 39.2 Å². The van der Waals surface area contributed by atoms with Crippen molar-refractivity contribution >= 4 is 37.7 Å². The van der Waals surface area contributed by atoms with Gasteiger partial charge in [-0.2, -0.15) is 0 Å². The van der Waals surface area contributed by atoms with Gasteiger partial charge >= 0.3 is 0 Å². The van der Waals surface area contributed by atoms with Crippen LogP contribution in [0.3, 0.4) is 0 Å². The SMILES string of the molecule is CNC(C)c1oc2c(Br)c3ccccc3cc2c1C. The number of furan rings is 1. The highest BCUT2D eigenvalue weighted by Gasteiger charge is 2.18. The lowest BCUT2D eigenvalue weighted by Gasteiger charge is -2.06. The third kappa shape index (κ3) is 1.88. The molecule has 3 heteroatoms. The Bertz CT molecular complexity index is 760. The molecular formula is C16H16BrNO. The number of nitrogens with one attached hydrogen (secondary N) is 1. The van der Waals surface area contributed by atoms with Crippen molar-refractivity contribution in [3.05, 3.63) is 46.1 Å². The normalized spacial score (nSPS) is 13.3. The molecule has 2 nitrogen and oxygen atoms in total. The molecule has 0 fully saturated rings. The maximum Gasteiger partial charge on any atom is 0.149 e. The minimum Gasteiger partial charge on any atom is -0.458 e. The molecule has 2 aromatic carbocycles. The number of aryl methyl sites for hydroxylation is 1. The zero-order chi connectivity index (χ0) is 13.6. The molecule has 0 aliphatic rings. The highest BCUT2D eigenvalue weighted by Crippen LogP contribution is 2.38. The number of rotatable bonds is 2. The second-order valence-electron chi connectivity index (χ2n) is 4.89. The first-order chi connectivity index (χ1) is 9.13. The Kier molecular flexibility index (Phi) is 3.11. The summed E-state index contributed by atoms with van der Waals surface area (Å²) in [5.41, 5.74) is 2.15. The zero-order valence-electron chi connectivity index (χ0n) is 11.3. The van der Waals surface area contributed by atoms with Crippen LogP contribution in [0.4, 0.5) is 0 Å². The number of hydrogen-bond acceptors (Lipinski definition) is 2. The van der Waals surface area contributed by atoms with E-state index in [-0.39, 0.29) is 6.04 Å². The molecule has 0 saturated carbocycles. The van der Waals surface area contributed by atoms with Crippen LogP contribution in [0.1, 0.15) is 24.3 Å². The fourth-order valence-electron chi connectivity index (χ4n) is 2.53. The largest absolute Gasteiger partial charge is 0.458 e. The molecular weight excluding hydrogens is 302 g/mol. The average molecular weight is 318 g/mol. The summed E-state index contributed by atoms with van der Waals surface area (Å²) >= 11 is 3.69. The summed E-state index contributed by atoms with van der Waals surface area (Å²) in [6, 6.07) is 10.8. The van der Waals surface area contributed by atoms with Gasteiger partial charge in [-0.1, -0.05) is 24.3 Å². The topological polar surface area (TPSA) is 25.2 Å². The van der Waals surface area contributed by atoms with Gasteiger partial charge in [-0.25, -0.2) is 0 Å². The van der Waals surface area contributed by atoms with Crippen LogP contribution < -0.4 is 5.32 Å². The van der Waals surface area contributed by atoms with Crippen LogP contribution in [0, 0.1) is 6.92 Å². The molecule has 0 bridgehead atoms. The van der Waals surface area contributed by atoms with Crippen LogP contribution in [-0.2, 0) is 0 Å². The maximum atomic E-state index is 6.08. The van der Waals surface area contributed by atoms with Gasteiger partial charge in [-0.3, -0.25) is 0 Å². The van der Waals surface area contributed by atoms with E-state index in [1.807, 2.05) is 13.1 Å². The molecule has 1 atom stereocenters. The summed E-state index contributed by atoms with van der Waals surface area (Å²) in [6.07, 6.45) is 0. The van der Waals surface area contributed by atoms with Crippen molar-refractivity contribution in [3.8, 4) is 0 Å². The molecule has 0 aliphatic heterocycles. The summed E-state index contributed by atoms with van der Waals surface area (Å²) in [5.74, 6) is 1.01. The van der Waals surface area contributed by atoms with Crippen molar-refractivity contribution in [2.75, 3.05) is 7.05 Å². The summed E-state index contributed by atoms with van der Waals surface area (Å²) in [5, 5.41) is 6.84. The second-order valence-corrected chi connectivity index (χ2v) is 5.68. The Labute approximate surface area is 120 Å². The Morgan fingerprint density at radius 1 is 1.21 bits per heavy atom. The van der Waals surface area contributed by atoms with Gasteiger partial charge in [0.05, 0.1) is 10.5 Å². The molecule has 1 unspecified atom stereocenters. The monoisotopic (exact) mass is 317 g/mol. The number of hydrogen-bond donors (Lipinski definition) is 1. The first-order valence-corrected chi connectivity index (χ1v) is 7.20. The highest BCUT2D eigenvalue weighted by atomic mass is 79.9. The molecule has 1 heterocycles. The van der Waals surface area contributed by atoms with Crippen molar-refractivity contribution in [1.29, 1.82) is 0 Å². The third-order valence-electron chi connectivity index (χ3n) is 3.75. The van der Waals surface area contributed by atoms with E-state index >= 15 is 0 Å². The minimum absolute atomic E-state index is 0.211. The van der Waals surface area contributed by atoms with Gasteiger partial charge in [-0.05, 0) is 53.7 Å². The quantitative estimate of drug-likeness (QED) is 0.724. The summed E-state index contributed by atoms with van der Waals surface area (Å²) in [7, 11) is 1.95. The van der Waals surface area contributed by atoms with Gasteiger partial charge in [0.2, 0.25) is 0 Å². The molecule has 19 heavy (non-hydrogen) atoms. The predicted molar refractivity (Wildman–Crippen MR) is 83.6 cm³/mol. The highest BCUT2D eigenvalue weighted by molar-refractivity contribution is 9.10. The molecule has 0 amide bonds. The van der Waals surface area contributed by atoms with Crippen LogP contribution in [-0.4, -0.2) is 7.05 Å². The van der Waals surface area contributed by atoms with Crippen molar-refractivity contribution < 1.29 is 4.42 Å². The van der Waals surface area contributed by atoms with Crippen molar-refractivity contribution in [1.82, 2.24) is 5.32 Å². The molecule has 1 N–H and O–H groups in total. The number of benzene rings is 2. The van der Waals surface area contributed by atoms with E-state index in [0.717, 1.165) is 15.8 Å². The van der Waals surface area contributed by atoms with Crippen molar-refractivity contribution in [2.24, 2.45) is 0 Å². The fourth-order valence-corrected chi connectivity index (χ4v) is 3.18. The lowest BCUT2D eigenvalue weighted by molar-refractivity contribution is 0.471. The predicted octanol–water partition coefficient (Wildman–Crippen LogP) is 4.94. The van der Waals surface area contributed by atoms with Crippen LogP contribution in [0.25, 0.3) is 21.7 Å². The lowest BCUT2D eigenvalue weighted by Crippen LogP contribution is -2.12. The summed E-state index contributed by atoms with van der Waals surface area (Å²) in [4.78, 5) is 0. The third-order valence-corrected chi connectivity index (χ3v) is 4.54. The zero-order valence-corrected chi connectivity index (χ0v) is 12.8. The van der Waals surface area contributed by atoms with Gasteiger partial charge in [0.1, 0.15) is 11.3 Å². The van der Waals surface area contributed by atoms with Crippen LogP contribution in [0.2, 0.25) is 0 Å². The first kappa shape index (κ1) is 12.7. The van der Waals surface area contributed by atoms with E-state index in [1.165, 1.54) is 21.7 Å². The number of fused-ring (bicyclic) bond motifs is 2. The Morgan fingerprint density at radius 3 is 2.68 bits per heavy atom.